The van der Waals surface area contributed by atoms with Crippen LogP contribution in [0.1, 0.15) is 15.2 Å². The minimum atomic E-state index is -0.482. The van der Waals surface area contributed by atoms with E-state index in [0.29, 0.717) is 20.3 Å². The van der Waals surface area contributed by atoms with Crippen molar-refractivity contribution < 1.29 is 14.8 Å². The number of carbonyl (C=O) groups excluding carboxylic acids is 1. The van der Waals surface area contributed by atoms with Crippen LogP contribution < -0.4 is 5.43 Å². The fourth-order valence-corrected chi connectivity index (χ4v) is 4.35. The van der Waals surface area contributed by atoms with Gasteiger partial charge in [0.2, 0.25) is 0 Å². The molecule has 132 valence electrons. The van der Waals surface area contributed by atoms with E-state index in [-0.39, 0.29) is 11.4 Å². The number of rotatable bonds is 4. The van der Waals surface area contributed by atoms with Crippen molar-refractivity contribution in [3.63, 3.8) is 0 Å². The molecule has 1 aromatic heterocycles. The molecule has 1 amide bonds. The first-order valence-electron chi connectivity index (χ1n) is 7.04. The van der Waals surface area contributed by atoms with Crippen LogP contribution in [0.15, 0.2) is 50.4 Å². The zero-order valence-electron chi connectivity index (χ0n) is 12.8. The van der Waals surface area contributed by atoms with Crippen LogP contribution in [0.25, 0.3) is 10.1 Å². The van der Waals surface area contributed by atoms with Crippen LogP contribution in [-0.4, -0.2) is 22.2 Å². The molecule has 0 aliphatic heterocycles. The number of nitro benzene ring substituents is 1. The molecule has 0 aliphatic rings. The molecule has 0 radical (unpaired) electrons. The van der Waals surface area contributed by atoms with Gasteiger partial charge in [0.25, 0.3) is 11.6 Å². The second kappa shape index (κ2) is 7.52. The number of hydrogen-bond acceptors (Lipinski definition) is 6. The van der Waals surface area contributed by atoms with Gasteiger partial charge in [-0.2, -0.15) is 5.10 Å². The Morgan fingerprint density at radius 2 is 2.04 bits per heavy atom. The predicted octanol–water partition coefficient (Wildman–Crippen LogP) is 4.80. The van der Waals surface area contributed by atoms with E-state index in [1.807, 2.05) is 0 Å². The number of carbonyl (C=O) groups is 1. The molecule has 0 saturated heterocycles. The number of nitro groups is 1. The first-order valence-corrected chi connectivity index (χ1v) is 9.45. The maximum absolute atomic E-state index is 12.2. The minimum absolute atomic E-state index is 0.000343. The number of benzene rings is 2. The van der Waals surface area contributed by atoms with Gasteiger partial charge in [-0.1, -0.05) is 15.9 Å². The van der Waals surface area contributed by atoms with Crippen molar-refractivity contribution in [2.45, 2.75) is 0 Å². The number of halogens is 2. The van der Waals surface area contributed by atoms with Crippen molar-refractivity contribution in [1.29, 1.82) is 0 Å². The van der Waals surface area contributed by atoms with Crippen molar-refractivity contribution in [3.8, 4) is 5.75 Å². The number of non-ortho nitro benzene ring substituents is 1. The highest BCUT2D eigenvalue weighted by molar-refractivity contribution is 9.11. The summed E-state index contributed by atoms with van der Waals surface area (Å²) in [5.41, 5.74) is 2.76. The average Bonchev–Trinajstić information content (AvgIpc) is 3.02. The lowest BCUT2D eigenvalue weighted by molar-refractivity contribution is -0.384. The van der Waals surface area contributed by atoms with Crippen LogP contribution >= 0.6 is 43.2 Å². The van der Waals surface area contributed by atoms with Crippen LogP contribution in [0, 0.1) is 10.1 Å². The van der Waals surface area contributed by atoms with Gasteiger partial charge in [0, 0.05) is 32.3 Å². The van der Waals surface area contributed by atoms with Gasteiger partial charge in [-0.15, -0.1) is 11.3 Å². The van der Waals surface area contributed by atoms with E-state index in [4.69, 9.17) is 0 Å². The standard InChI is InChI=1S/C16H9Br2N3O4S/c17-10-3-9(15(22)12(18)6-10)7-19-20-16(23)14-5-8-4-11(21(24)25)1-2-13(8)26-14/h1-7,22H,(H,20,23)/b19-7+. The quantitative estimate of drug-likeness (QED) is 0.306. The summed E-state index contributed by atoms with van der Waals surface area (Å²) in [6, 6.07) is 9.33. The molecule has 10 heteroatoms. The van der Waals surface area contributed by atoms with E-state index in [1.54, 1.807) is 24.3 Å². The third kappa shape index (κ3) is 3.92. The highest BCUT2D eigenvalue weighted by Crippen LogP contribution is 2.31. The van der Waals surface area contributed by atoms with Crippen molar-refractivity contribution in [2.75, 3.05) is 0 Å². The number of nitrogens with one attached hydrogen (secondary N) is 1. The lowest BCUT2D eigenvalue weighted by Crippen LogP contribution is -2.16. The Hall–Kier alpha value is -2.30. The van der Waals surface area contributed by atoms with Gasteiger partial charge >= 0.3 is 0 Å². The van der Waals surface area contributed by atoms with Gasteiger partial charge < -0.3 is 5.11 Å². The molecule has 0 atom stereocenters. The fraction of sp³-hybridized carbons (Fsp3) is 0. The first-order chi connectivity index (χ1) is 12.3. The van der Waals surface area contributed by atoms with E-state index in [2.05, 4.69) is 42.4 Å². The second-order valence-corrected chi connectivity index (χ2v) is 7.97. The van der Waals surface area contributed by atoms with Crippen molar-refractivity contribution in [3.05, 3.63) is 65.9 Å². The Bertz CT molecular complexity index is 1070. The number of amides is 1. The second-order valence-electron chi connectivity index (χ2n) is 5.11. The summed E-state index contributed by atoms with van der Waals surface area (Å²) < 4.78 is 1.99. The molecule has 0 saturated carbocycles. The normalized spacial score (nSPS) is 11.2. The molecule has 2 N–H and O–H groups in total. The molecule has 3 rings (SSSR count). The summed E-state index contributed by atoms with van der Waals surface area (Å²) in [6.07, 6.45) is 1.32. The molecule has 0 fully saturated rings. The number of thiophene rings is 1. The molecule has 26 heavy (non-hydrogen) atoms. The zero-order chi connectivity index (χ0) is 18.8. The molecule has 2 aromatic carbocycles. The van der Waals surface area contributed by atoms with Gasteiger partial charge in [-0.05, 0) is 40.2 Å². The van der Waals surface area contributed by atoms with Crippen LogP contribution in [0.5, 0.6) is 5.75 Å². The number of hydrogen-bond donors (Lipinski definition) is 2. The number of fused-ring (bicyclic) bond motifs is 1. The lowest BCUT2D eigenvalue weighted by Gasteiger charge is -2.02. The molecule has 7 nitrogen and oxygen atoms in total. The van der Waals surface area contributed by atoms with Crippen molar-refractivity contribution in [1.82, 2.24) is 5.43 Å². The summed E-state index contributed by atoms with van der Waals surface area (Å²) in [6.45, 7) is 0. The summed E-state index contributed by atoms with van der Waals surface area (Å²) in [5.74, 6) is -0.445. The minimum Gasteiger partial charge on any atom is -0.506 e. The molecule has 3 aromatic rings. The monoisotopic (exact) mass is 497 g/mol. The van der Waals surface area contributed by atoms with E-state index in [9.17, 15) is 20.0 Å². The summed E-state index contributed by atoms with van der Waals surface area (Å²) in [5, 5.41) is 25.2. The number of phenols is 1. The largest absolute Gasteiger partial charge is 0.506 e. The highest BCUT2D eigenvalue weighted by Gasteiger charge is 2.13. The molecule has 0 aliphatic carbocycles. The Kier molecular flexibility index (Phi) is 5.35. The molecular formula is C16H9Br2N3O4S. The SMILES string of the molecule is O=C(N/N=C/c1cc(Br)cc(Br)c1O)c1cc2cc([N+](=O)[O-])ccc2s1. The van der Waals surface area contributed by atoms with Crippen LogP contribution in [0.3, 0.4) is 0 Å². The number of hydrazone groups is 1. The average molecular weight is 499 g/mol. The van der Waals surface area contributed by atoms with Gasteiger partial charge in [0.05, 0.1) is 20.5 Å². The highest BCUT2D eigenvalue weighted by atomic mass is 79.9. The third-order valence-electron chi connectivity index (χ3n) is 3.36. The lowest BCUT2D eigenvalue weighted by atomic mass is 10.2. The van der Waals surface area contributed by atoms with Gasteiger partial charge in [-0.3, -0.25) is 14.9 Å². The Morgan fingerprint density at radius 1 is 1.27 bits per heavy atom. The summed E-state index contributed by atoms with van der Waals surface area (Å²) in [7, 11) is 0. The van der Waals surface area contributed by atoms with Gasteiger partial charge in [-0.25, -0.2) is 5.43 Å². The van der Waals surface area contributed by atoms with E-state index < -0.39 is 10.8 Å². The number of phenolic OH excluding ortho intramolecular Hbond substituents is 1. The van der Waals surface area contributed by atoms with Gasteiger partial charge in [0.1, 0.15) is 5.75 Å². The third-order valence-corrected chi connectivity index (χ3v) is 5.54. The maximum Gasteiger partial charge on any atom is 0.281 e. The van der Waals surface area contributed by atoms with Crippen molar-refractivity contribution in [2.24, 2.45) is 5.10 Å². The Morgan fingerprint density at radius 3 is 2.77 bits per heavy atom. The van der Waals surface area contributed by atoms with Crippen LogP contribution in [0.4, 0.5) is 5.69 Å². The summed E-state index contributed by atoms with van der Waals surface area (Å²) >= 11 is 7.73. The first kappa shape index (κ1) is 18.5. The zero-order valence-corrected chi connectivity index (χ0v) is 16.8. The Balaban J connectivity index is 1.78. The molecule has 0 spiro atoms. The smallest absolute Gasteiger partial charge is 0.281 e. The van der Waals surface area contributed by atoms with Crippen LogP contribution in [-0.2, 0) is 0 Å². The topological polar surface area (TPSA) is 105 Å². The maximum atomic E-state index is 12.2. The van der Waals surface area contributed by atoms with E-state index in [0.717, 1.165) is 9.17 Å². The van der Waals surface area contributed by atoms with E-state index >= 15 is 0 Å². The van der Waals surface area contributed by atoms with Crippen LogP contribution in [0.2, 0.25) is 0 Å². The number of aromatic hydroxyl groups is 1. The molecular weight excluding hydrogens is 490 g/mol. The molecule has 0 unspecified atom stereocenters. The molecule has 1 heterocycles. The summed E-state index contributed by atoms with van der Waals surface area (Å²) in [4.78, 5) is 22.9. The predicted molar refractivity (Wildman–Crippen MR) is 107 cm³/mol. The van der Waals surface area contributed by atoms with Gasteiger partial charge in [0.15, 0.2) is 0 Å². The van der Waals surface area contributed by atoms with E-state index in [1.165, 1.54) is 29.7 Å². The number of nitrogens with zero attached hydrogens (tertiary/aromatic N) is 2. The van der Waals surface area contributed by atoms with Crippen molar-refractivity contribution >= 4 is 71.1 Å². The molecule has 0 bridgehead atoms. The fourth-order valence-electron chi connectivity index (χ4n) is 2.16. The Labute approximate surface area is 167 Å².